The minimum atomic E-state index is -0.546. The van der Waals surface area contributed by atoms with Gasteiger partial charge in [0, 0.05) is 12.8 Å². The number of benzene rings is 1. The fourth-order valence-electron chi connectivity index (χ4n) is 1.07. The van der Waals surface area contributed by atoms with E-state index in [1.165, 1.54) is 7.11 Å². The molecule has 1 unspecified atom stereocenters. The van der Waals surface area contributed by atoms with E-state index in [0.717, 1.165) is 5.56 Å². The van der Waals surface area contributed by atoms with Gasteiger partial charge >= 0.3 is 6.09 Å². The van der Waals surface area contributed by atoms with E-state index in [4.69, 9.17) is 9.47 Å². The minimum Gasteiger partial charge on any atom is -0.420 e. The number of hydrogen-bond acceptors (Lipinski definition) is 3. The molecular weight excluding hydrogens is 194 g/mol. The van der Waals surface area contributed by atoms with Gasteiger partial charge in [-0.05, 0) is 31.5 Å². The molecular formula is C11H15NO3. The predicted octanol–water partition coefficient (Wildman–Crippen LogP) is 2.54. The Morgan fingerprint density at radius 2 is 2.20 bits per heavy atom. The van der Waals surface area contributed by atoms with E-state index in [-0.39, 0.29) is 0 Å². The summed E-state index contributed by atoms with van der Waals surface area (Å²) in [6.07, 6.45) is -1.07. The van der Waals surface area contributed by atoms with Gasteiger partial charge in [-0.3, -0.25) is 5.32 Å². The molecule has 0 bridgehead atoms. The summed E-state index contributed by atoms with van der Waals surface area (Å²) < 4.78 is 9.67. The van der Waals surface area contributed by atoms with E-state index in [1.54, 1.807) is 13.0 Å². The maximum Gasteiger partial charge on any atom is 0.413 e. The first kappa shape index (κ1) is 11.5. The Balaban J connectivity index is 2.51. The largest absolute Gasteiger partial charge is 0.420 e. The second-order valence-electron chi connectivity index (χ2n) is 3.20. The smallest absolute Gasteiger partial charge is 0.413 e. The third-order valence-electron chi connectivity index (χ3n) is 1.87. The fraction of sp³-hybridized carbons (Fsp3) is 0.364. The summed E-state index contributed by atoms with van der Waals surface area (Å²) in [5.74, 6) is 0. The molecule has 0 heterocycles. The third kappa shape index (κ3) is 3.99. The molecule has 0 aromatic heterocycles. The lowest BCUT2D eigenvalue weighted by molar-refractivity contribution is -0.0629. The molecule has 1 amide bonds. The lowest BCUT2D eigenvalue weighted by Gasteiger charge is -2.11. The number of hydrogen-bond donors (Lipinski definition) is 1. The number of rotatable bonds is 3. The summed E-state index contributed by atoms with van der Waals surface area (Å²) in [7, 11) is 1.48. The van der Waals surface area contributed by atoms with Crippen molar-refractivity contribution < 1.29 is 14.3 Å². The third-order valence-corrected chi connectivity index (χ3v) is 1.87. The van der Waals surface area contributed by atoms with E-state index >= 15 is 0 Å². The van der Waals surface area contributed by atoms with E-state index in [1.807, 2.05) is 25.1 Å². The van der Waals surface area contributed by atoms with Crippen LogP contribution in [0.1, 0.15) is 12.5 Å². The maximum absolute atomic E-state index is 11.3. The first-order valence-electron chi connectivity index (χ1n) is 4.69. The Bertz CT molecular complexity index is 338. The van der Waals surface area contributed by atoms with Crippen molar-refractivity contribution in [1.29, 1.82) is 0 Å². The van der Waals surface area contributed by atoms with Crippen LogP contribution in [0.3, 0.4) is 0 Å². The molecule has 1 aromatic rings. The standard InChI is InChI=1S/C11H15NO3/c1-8-5-4-6-10(7-8)12-11(13)15-9(2)14-3/h4-7,9H,1-3H3,(H,12,13). The van der Waals surface area contributed by atoms with Crippen LogP contribution >= 0.6 is 0 Å². The topological polar surface area (TPSA) is 47.6 Å². The highest BCUT2D eigenvalue weighted by Gasteiger charge is 2.07. The molecule has 1 aromatic carbocycles. The lowest BCUT2D eigenvalue weighted by Crippen LogP contribution is -2.21. The summed E-state index contributed by atoms with van der Waals surface area (Å²) in [5, 5.41) is 2.61. The molecule has 1 N–H and O–H groups in total. The van der Waals surface area contributed by atoms with E-state index in [2.05, 4.69) is 5.32 Å². The minimum absolute atomic E-state index is 0.519. The SMILES string of the molecule is COC(C)OC(=O)Nc1cccc(C)c1. The molecule has 15 heavy (non-hydrogen) atoms. The summed E-state index contributed by atoms with van der Waals surface area (Å²) in [6.45, 7) is 3.60. The maximum atomic E-state index is 11.3. The highest BCUT2D eigenvalue weighted by molar-refractivity contribution is 5.84. The van der Waals surface area contributed by atoms with E-state index < -0.39 is 12.4 Å². The van der Waals surface area contributed by atoms with Crippen molar-refractivity contribution in [3.8, 4) is 0 Å². The fourth-order valence-corrected chi connectivity index (χ4v) is 1.07. The normalized spacial score (nSPS) is 11.9. The molecule has 0 radical (unpaired) electrons. The number of carbonyl (C=O) groups is 1. The van der Waals surface area contributed by atoms with Gasteiger partial charge in [0.2, 0.25) is 6.29 Å². The highest BCUT2D eigenvalue weighted by atomic mass is 16.7. The van der Waals surface area contributed by atoms with Gasteiger partial charge in [0.05, 0.1) is 0 Å². The molecule has 0 fully saturated rings. The van der Waals surface area contributed by atoms with E-state index in [0.29, 0.717) is 5.69 Å². The van der Waals surface area contributed by atoms with Gasteiger partial charge in [-0.15, -0.1) is 0 Å². The number of amides is 1. The number of ether oxygens (including phenoxy) is 2. The quantitative estimate of drug-likeness (QED) is 0.778. The second-order valence-corrected chi connectivity index (χ2v) is 3.20. The molecule has 1 atom stereocenters. The second kappa shape index (κ2) is 5.36. The van der Waals surface area contributed by atoms with Gasteiger partial charge in [0.15, 0.2) is 0 Å². The number of methoxy groups -OCH3 is 1. The van der Waals surface area contributed by atoms with Crippen molar-refractivity contribution in [3.63, 3.8) is 0 Å². The monoisotopic (exact) mass is 209 g/mol. The zero-order valence-corrected chi connectivity index (χ0v) is 9.11. The number of anilines is 1. The van der Waals surface area contributed by atoms with Crippen molar-refractivity contribution in [2.45, 2.75) is 20.1 Å². The molecule has 0 spiro atoms. The van der Waals surface area contributed by atoms with Crippen molar-refractivity contribution in [2.24, 2.45) is 0 Å². The first-order valence-corrected chi connectivity index (χ1v) is 4.69. The van der Waals surface area contributed by atoms with Gasteiger partial charge in [-0.2, -0.15) is 0 Å². The van der Waals surface area contributed by atoms with Gasteiger partial charge < -0.3 is 9.47 Å². The van der Waals surface area contributed by atoms with Crippen LogP contribution in [-0.2, 0) is 9.47 Å². The molecule has 4 heteroatoms. The van der Waals surface area contributed by atoms with Crippen LogP contribution < -0.4 is 5.32 Å². The van der Waals surface area contributed by atoms with Crippen LogP contribution in [0.25, 0.3) is 0 Å². The first-order chi connectivity index (χ1) is 7.11. The lowest BCUT2D eigenvalue weighted by atomic mass is 10.2. The predicted molar refractivity (Wildman–Crippen MR) is 57.8 cm³/mol. The van der Waals surface area contributed by atoms with E-state index in [9.17, 15) is 4.79 Å². The van der Waals surface area contributed by atoms with Gasteiger partial charge in [0.25, 0.3) is 0 Å². The van der Waals surface area contributed by atoms with Gasteiger partial charge in [0.1, 0.15) is 0 Å². The number of carbonyl (C=O) groups excluding carboxylic acids is 1. The molecule has 0 aliphatic heterocycles. The molecule has 1 rings (SSSR count). The van der Waals surface area contributed by atoms with Crippen LogP contribution in [0.2, 0.25) is 0 Å². The number of aryl methyl sites for hydroxylation is 1. The van der Waals surface area contributed by atoms with Crippen molar-refractivity contribution in [2.75, 3.05) is 12.4 Å². The zero-order valence-electron chi connectivity index (χ0n) is 9.11. The van der Waals surface area contributed by atoms with Crippen LogP contribution in [0, 0.1) is 6.92 Å². The Morgan fingerprint density at radius 1 is 1.47 bits per heavy atom. The molecule has 82 valence electrons. The summed E-state index contributed by atoms with van der Waals surface area (Å²) in [4.78, 5) is 11.3. The Labute approximate surface area is 89.2 Å². The number of nitrogens with one attached hydrogen (secondary N) is 1. The van der Waals surface area contributed by atoms with Crippen molar-refractivity contribution >= 4 is 11.8 Å². The zero-order chi connectivity index (χ0) is 11.3. The Morgan fingerprint density at radius 3 is 2.80 bits per heavy atom. The van der Waals surface area contributed by atoms with Crippen LogP contribution in [0.15, 0.2) is 24.3 Å². The highest BCUT2D eigenvalue weighted by Crippen LogP contribution is 2.10. The van der Waals surface area contributed by atoms with Gasteiger partial charge in [-0.1, -0.05) is 12.1 Å². The average molecular weight is 209 g/mol. The average Bonchev–Trinajstić information content (AvgIpc) is 2.17. The summed E-state index contributed by atoms with van der Waals surface area (Å²) >= 11 is 0. The molecule has 0 aliphatic carbocycles. The van der Waals surface area contributed by atoms with Crippen LogP contribution in [0.4, 0.5) is 10.5 Å². The van der Waals surface area contributed by atoms with Crippen LogP contribution in [0.5, 0.6) is 0 Å². The molecule has 0 saturated heterocycles. The Kier molecular flexibility index (Phi) is 4.12. The summed E-state index contributed by atoms with van der Waals surface area (Å²) in [6, 6.07) is 7.48. The van der Waals surface area contributed by atoms with Gasteiger partial charge in [-0.25, -0.2) is 4.79 Å². The molecule has 0 aliphatic rings. The van der Waals surface area contributed by atoms with Crippen molar-refractivity contribution in [3.05, 3.63) is 29.8 Å². The molecule has 0 saturated carbocycles. The molecule has 4 nitrogen and oxygen atoms in total. The van der Waals surface area contributed by atoms with Crippen LogP contribution in [-0.4, -0.2) is 19.5 Å². The Hall–Kier alpha value is -1.55. The summed E-state index contributed by atoms with van der Waals surface area (Å²) in [5.41, 5.74) is 1.79. The van der Waals surface area contributed by atoms with Crippen molar-refractivity contribution in [1.82, 2.24) is 0 Å².